The van der Waals surface area contributed by atoms with Gasteiger partial charge in [-0.05, 0) is 22.6 Å². The van der Waals surface area contributed by atoms with Crippen LogP contribution in [-0.4, -0.2) is 51.0 Å². The van der Waals surface area contributed by atoms with Gasteiger partial charge in [0.15, 0.2) is 9.75 Å². The summed E-state index contributed by atoms with van der Waals surface area (Å²) in [6.45, 7) is 0.0831. The molecule has 1 saturated carbocycles. The average Bonchev–Trinajstić information content (AvgIpc) is 3.18. The summed E-state index contributed by atoms with van der Waals surface area (Å²) >= 11 is 17.6. The first-order chi connectivity index (χ1) is 17.1. The number of nitrogens with zero attached hydrogens (tertiary/aromatic N) is 4. The molecule has 0 unspecified atom stereocenters. The molecule has 6 rings (SSSR count). The molecule has 1 aliphatic carbocycles. The summed E-state index contributed by atoms with van der Waals surface area (Å²) in [5.41, 5.74) is 0.0424. The third-order valence-electron chi connectivity index (χ3n) is 7.72. The molecule has 1 aromatic heterocycles. The summed E-state index contributed by atoms with van der Waals surface area (Å²) in [7, 11) is 1.38. The number of alkyl halides is 3. The van der Waals surface area contributed by atoms with Gasteiger partial charge in [0.25, 0.3) is 11.8 Å². The number of imide groups is 1. The van der Waals surface area contributed by atoms with Gasteiger partial charge < -0.3 is 5.11 Å². The van der Waals surface area contributed by atoms with Gasteiger partial charge in [0, 0.05) is 24.8 Å². The molecule has 2 amide bonds. The predicted molar refractivity (Wildman–Crippen MR) is 137 cm³/mol. The number of allylic oxidation sites excluding steroid dienone is 2. The van der Waals surface area contributed by atoms with Gasteiger partial charge >= 0.3 is 11.4 Å². The smallest absolute Gasteiger partial charge is 0.347 e. The highest BCUT2D eigenvalue weighted by Crippen LogP contribution is 2.64. The largest absolute Gasteiger partial charge is 0.507 e. The molecule has 3 heterocycles. The number of hydrogen-bond acceptors (Lipinski definition) is 5. The fraction of sp³-hybridized carbons (Fsp3) is 0.333. The summed E-state index contributed by atoms with van der Waals surface area (Å²) in [6.07, 6.45) is 1.63. The van der Waals surface area contributed by atoms with Crippen LogP contribution < -0.4 is 11.4 Å². The lowest BCUT2D eigenvalue weighted by Crippen LogP contribution is -2.59. The highest BCUT2D eigenvalue weighted by molar-refractivity contribution is 9.09. The van der Waals surface area contributed by atoms with Crippen molar-refractivity contribution in [1.82, 2.24) is 18.8 Å². The first-order valence-corrected chi connectivity index (χ1v) is 13.0. The topological polar surface area (TPSA) is 107 Å². The molecule has 3 aliphatic rings. The van der Waals surface area contributed by atoms with Crippen LogP contribution in [0.4, 0.5) is 0 Å². The number of aromatic hydroxyl groups is 1. The number of halogens is 3. The lowest BCUT2D eigenvalue weighted by Gasteiger charge is -2.49. The summed E-state index contributed by atoms with van der Waals surface area (Å²) < 4.78 is 3.60. The van der Waals surface area contributed by atoms with Crippen molar-refractivity contribution < 1.29 is 14.7 Å². The van der Waals surface area contributed by atoms with Crippen LogP contribution >= 0.6 is 39.1 Å². The van der Waals surface area contributed by atoms with Gasteiger partial charge in [0.1, 0.15) is 5.75 Å². The summed E-state index contributed by atoms with van der Waals surface area (Å²) in [5.74, 6) is -2.20. The van der Waals surface area contributed by atoms with Crippen molar-refractivity contribution in [2.45, 2.75) is 34.7 Å². The number of rotatable bonds is 2. The van der Waals surface area contributed by atoms with Crippen LogP contribution in [0.1, 0.15) is 23.9 Å². The number of carbonyl (C=O) groups excluding carboxylic acids is 2. The molecule has 1 N–H and O–H groups in total. The van der Waals surface area contributed by atoms with Crippen LogP contribution in [0, 0.1) is 0 Å². The molecule has 2 aliphatic heterocycles. The Hall–Kier alpha value is -2.82. The Morgan fingerprint density at radius 2 is 1.72 bits per heavy atom. The molecular formula is C24H19BrCl2N4O5. The molecule has 4 atom stereocenters. The molecule has 0 bridgehead atoms. The number of likely N-dealkylation sites (tertiary alicyclic amines) is 1. The van der Waals surface area contributed by atoms with Crippen LogP contribution in [0.3, 0.4) is 0 Å². The fourth-order valence-electron chi connectivity index (χ4n) is 6.03. The zero-order valence-electron chi connectivity index (χ0n) is 18.8. The zero-order chi connectivity index (χ0) is 25.7. The van der Waals surface area contributed by atoms with E-state index in [0.29, 0.717) is 21.9 Å². The van der Waals surface area contributed by atoms with Crippen molar-refractivity contribution in [2.75, 3.05) is 5.45 Å². The Morgan fingerprint density at radius 1 is 1.03 bits per heavy atom. The van der Waals surface area contributed by atoms with Crippen LogP contribution in [0.5, 0.6) is 5.75 Å². The highest BCUT2D eigenvalue weighted by Gasteiger charge is 2.75. The average molecular weight is 594 g/mol. The number of phenols is 1. The molecule has 0 radical (unpaired) electrons. The second-order valence-corrected chi connectivity index (χ2v) is 11.0. The normalized spacial score (nSPS) is 29.2. The third-order valence-corrected chi connectivity index (χ3v) is 9.63. The number of aromatic nitrogens is 3. The Balaban J connectivity index is 1.70. The van der Waals surface area contributed by atoms with E-state index >= 15 is 0 Å². The number of phenolic OH excluding ortho intramolecular Hbond substituents is 1. The fourth-order valence-corrected chi connectivity index (χ4v) is 7.43. The number of carbonyl (C=O) groups is 2. The van der Waals surface area contributed by atoms with Crippen molar-refractivity contribution in [3.05, 3.63) is 74.6 Å². The van der Waals surface area contributed by atoms with E-state index in [4.69, 9.17) is 23.2 Å². The van der Waals surface area contributed by atoms with E-state index in [2.05, 4.69) is 15.9 Å². The third kappa shape index (κ3) is 2.62. The van der Waals surface area contributed by atoms with Crippen molar-refractivity contribution in [2.24, 2.45) is 7.05 Å². The second-order valence-electron chi connectivity index (χ2n) is 9.30. The zero-order valence-corrected chi connectivity index (χ0v) is 21.9. The van der Waals surface area contributed by atoms with E-state index in [9.17, 15) is 24.3 Å². The molecule has 2 fully saturated rings. The number of amides is 2. The van der Waals surface area contributed by atoms with Crippen molar-refractivity contribution >= 4 is 61.7 Å². The molecule has 1 saturated heterocycles. The first-order valence-electron chi connectivity index (χ1n) is 11.2. The van der Waals surface area contributed by atoms with Gasteiger partial charge in [0.05, 0.1) is 18.0 Å². The monoisotopic (exact) mass is 592 g/mol. The lowest BCUT2D eigenvalue weighted by atomic mass is 9.63. The molecule has 9 nitrogen and oxygen atoms in total. The summed E-state index contributed by atoms with van der Waals surface area (Å²) in [5, 5.41) is 11.7. The first kappa shape index (κ1) is 23.6. The van der Waals surface area contributed by atoms with E-state index in [1.165, 1.54) is 22.5 Å². The maximum atomic E-state index is 13.8. The predicted octanol–water partition coefficient (Wildman–Crippen LogP) is 2.55. The molecule has 0 spiro atoms. The van der Waals surface area contributed by atoms with Crippen molar-refractivity contribution in [3.63, 3.8) is 0 Å². The van der Waals surface area contributed by atoms with Crippen LogP contribution in [0.25, 0.3) is 10.8 Å². The van der Waals surface area contributed by atoms with Gasteiger partial charge in [-0.25, -0.2) is 23.5 Å². The van der Waals surface area contributed by atoms with Gasteiger partial charge in [0.2, 0.25) is 0 Å². The molecule has 12 heteroatoms. The maximum absolute atomic E-state index is 13.8. The number of hydrogen-bond donors (Lipinski definition) is 1. The van der Waals surface area contributed by atoms with E-state index in [1.807, 2.05) is 0 Å². The quantitative estimate of drug-likeness (QED) is 0.213. The standard InChI is InChI=1S/C24H19BrCl2N4O5/c1-28-21(35)30-9-8-15-16(31(30)22(28)36)10-23(26)19(33)29(11-25)20(34)24(23,27)18(15)14-6-7-17(32)13-5-3-2-4-12(13)14/h2-8,16,18,32H,9-11H2,1H3/t16-,18+,23-,24+/m1/s1. The van der Waals surface area contributed by atoms with Crippen molar-refractivity contribution in [3.8, 4) is 5.75 Å². The Bertz CT molecular complexity index is 1660. The molecule has 3 aromatic rings. The number of fused-ring (bicyclic) bond motifs is 5. The SMILES string of the molecule is Cn1c(=O)n2n(c1=O)[C@@H]1C[C@@]3(Cl)C(=O)N(CBr)C(=O)[C@@]3(Cl)[C@@H](c3ccc(O)c4ccccc34)C1=CC2. The van der Waals surface area contributed by atoms with Crippen LogP contribution in [0.15, 0.2) is 57.6 Å². The molecule has 36 heavy (non-hydrogen) atoms. The van der Waals surface area contributed by atoms with Gasteiger partial charge in [-0.2, -0.15) is 0 Å². The summed E-state index contributed by atoms with van der Waals surface area (Å²) in [4.78, 5) is 50.4. The van der Waals surface area contributed by atoms with E-state index in [1.54, 1.807) is 36.4 Å². The minimum absolute atomic E-state index is 0.0455. The van der Waals surface area contributed by atoms with Crippen LogP contribution in [0.2, 0.25) is 0 Å². The van der Waals surface area contributed by atoms with Crippen LogP contribution in [-0.2, 0) is 23.2 Å². The molecule has 186 valence electrons. The minimum atomic E-state index is -1.91. The van der Waals surface area contributed by atoms with Gasteiger partial charge in [-0.3, -0.25) is 14.5 Å². The maximum Gasteiger partial charge on any atom is 0.347 e. The van der Waals surface area contributed by atoms with Crippen molar-refractivity contribution in [1.29, 1.82) is 0 Å². The van der Waals surface area contributed by atoms with E-state index < -0.39 is 44.9 Å². The minimum Gasteiger partial charge on any atom is -0.507 e. The van der Waals surface area contributed by atoms with E-state index in [0.717, 1.165) is 9.47 Å². The van der Waals surface area contributed by atoms with Gasteiger partial charge in [-0.1, -0.05) is 52.3 Å². The lowest BCUT2D eigenvalue weighted by molar-refractivity contribution is -0.138. The Kier molecular flexibility index (Phi) is 4.97. The Labute approximate surface area is 222 Å². The Morgan fingerprint density at radius 3 is 2.42 bits per heavy atom. The molecular weight excluding hydrogens is 575 g/mol. The van der Waals surface area contributed by atoms with Gasteiger partial charge in [-0.15, -0.1) is 23.2 Å². The second kappa shape index (κ2) is 7.60. The van der Waals surface area contributed by atoms with E-state index in [-0.39, 0.29) is 24.2 Å². The number of benzene rings is 2. The highest BCUT2D eigenvalue weighted by atomic mass is 79.9. The summed E-state index contributed by atoms with van der Waals surface area (Å²) in [6, 6.07) is 9.48. The molecule has 2 aromatic carbocycles.